The number of anilines is 1. The Hall–Kier alpha value is -1.57. The van der Waals surface area contributed by atoms with Crippen molar-refractivity contribution in [2.24, 2.45) is 0 Å². The van der Waals surface area contributed by atoms with Crippen LogP contribution in [0.15, 0.2) is 35.5 Å². The molecule has 1 N–H and O–H groups in total. The molecule has 0 aliphatic rings. The fourth-order valence-corrected chi connectivity index (χ4v) is 2.84. The van der Waals surface area contributed by atoms with E-state index in [0.717, 1.165) is 6.20 Å². The van der Waals surface area contributed by atoms with E-state index in [-0.39, 0.29) is 26.6 Å². The van der Waals surface area contributed by atoms with Crippen molar-refractivity contribution in [3.05, 3.63) is 40.8 Å². The van der Waals surface area contributed by atoms with Crippen LogP contribution in [0.5, 0.6) is 5.88 Å². The molecule has 0 saturated carbocycles. The summed E-state index contributed by atoms with van der Waals surface area (Å²) in [5.74, 6) is 0.191. The van der Waals surface area contributed by atoms with Crippen LogP contribution in [0.4, 0.5) is 5.69 Å². The van der Waals surface area contributed by atoms with Crippen LogP contribution in [0.25, 0.3) is 0 Å². The van der Waals surface area contributed by atoms with Gasteiger partial charge in [-0.1, -0.05) is 23.2 Å². The summed E-state index contributed by atoms with van der Waals surface area (Å²) in [6.07, 6.45) is 2.62. The number of hydrogen-bond donors (Lipinski definition) is 1. The van der Waals surface area contributed by atoms with E-state index in [2.05, 4.69) is 14.7 Å². The van der Waals surface area contributed by atoms with Crippen molar-refractivity contribution in [2.75, 3.05) is 11.3 Å². The molecule has 0 radical (unpaired) electrons. The minimum Gasteiger partial charge on any atom is -0.476 e. The maximum Gasteiger partial charge on any atom is 0.263 e. The van der Waals surface area contributed by atoms with E-state index < -0.39 is 10.0 Å². The fourth-order valence-electron chi connectivity index (χ4n) is 1.47. The largest absolute Gasteiger partial charge is 0.476 e. The van der Waals surface area contributed by atoms with Crippen molar-refractivity contribution >= 4 is 38.9 Å². The van der Waals surface area contributed by atoms with Gasteiger partial charge in [-0.15, -0.1) is 0 Å². The zero-order chi connectivity index (χ0) is 15.5. The molecular formula is C12H11Cl2N3O3S. The Labute approximate surface area is 132 Å². The average Bonchev–Trinajstić information content (AvgIpc) is 2.44. The Morgan fingerprint density at radius 3 is 2.76 bits per heavy atom. The zero-order valence-electron chi connectivity index (χ0n) is 10.9. The second-order valence-electron chi connectivity index (χ2n) is 3.84. The maximum atomic E-state index is 12.3. The number of halogens is 2. The van der Waals surface area contributed by atoms with Crippen LogP contribution < -0.4 is 9.46 Å². The Kier molecular flexibility index (Phi) is 4.87. The lowest BCUT2D eigenvalue weighted by Crippen LogP contribution is -2.14. The second kappa shape index (κ2) is 6.46. The monoisotopic (exact) mass is 347 g/mol. The van der Waals surface area contributed by atoms with Gasteiger partial charge in [0.25, 0.3) is 10.0 Å². The minimum atomic E-state index is -3.87. The van der Waals surface area contributed by atoms with Gasteiger partial charge in [-0.2, -0.15) is 0 Å². The fraction of sp³-hybridized carbons (Fsp3) is 0.167. The molecule has 2 aromatic heterocycles. The molecule has 2 rings (SSSR count). The van der Waals surface area contributed by atoms with E-state index in [1.54, 1.807) is 19.1 Å². The summed E-state index contributed by atoms with van der Waals surface area (Å²) >= 11 is 11.4. The number of nitrogens with zero attached hydrogens (tertiary/aromatic N) is 2. The minimum absolute atomic E-state index is 0.0343. The van der Waals surface area contributed by atoms with Crippen LogP contribution in [0, 0.1) is 0 Å². The lowest BCUT2D eigenvalue weighted by molar-refractivity contribution is 0.329. The van der Waals surface area contributed by atoms with E-state index >= 15 is 0 Å². The summed E-state index contributed by atoms with van der Waals surface area (Å²) in [5, 5.41) is 0.0859. The lowest BCUT2D eigenvalue weighted by Gasteiger charge is -2.11. The molecule has 0 spiro atoms. The Morgan fingerprint density at radius 2 is 2.10 bits per heavy atom. The highest BCUT2D eigenvalue weighted by Gasteiger charge is 2.18. The first-order valence-corrected chi connectivity index (χ1v) is 8.09. The summed E-state index contributed by atoms with van der Waals surface area (Å²) in [6.45, 7) is 2.13. The standard InChI is InChI=1S/C12H11Cl2N3O3S/c1-2-20-12-10(4-3-5-15-12)17-21(18,19)8-6-9(13)11(14)16-7-8/h3-7,17H,2H2,1H3. The Bertz CT molecular complexity index is 753. The van der Waals surface area contributed by atoms with E-state index in [0.29, 0.717) is 6.61 Å². The number of sulfonamides is 1. The summed E-state index contributed by atoms with van der Waals surface area (Å²) in [5.41, 5.74) is 0.227. The third-order valence-electron chi connectivity index (χ3n) is 2.38. The molecule has 0 atom stereocenters. The third-order valence-corrected chi connectivity index (χ3v) is 4.40. The molecule has 0 aliphatic carbocycles. The highest BCUT2D eigenvalue weighted by molar-refractivity contribution is 7.92. The van der Waals surface area contributed by atoms with Crippen LogP contribution in [0.3, 0.4) is 0 Å². The van der Waals surface area contributed by atoms with Crippen molar-refractivity contribution in [2.45, 2.75) is 11.8 Å². The first-order chi connectivity index (χ1) is 9.94. The van der Waals surface area contributed by atoms with Crippen LogP contribution in [0.2, 0.25) is 10.2 Å². The van der Waals surface area contributed by atoms with E-state index in [1.165, 1.54) is 12.3 Å². The van der Waals surface area contributed by atoms with Crippen LogP contribution in [-0.4, -0.2) is 25.0 Å². The average molecular weight is 348 g/mol. The van der Waals surface area contributed by atoms with Crippen LogP contribution in [-0.2, 0) is 10.0 Å². The predicted molar refractivity (Wildman–Crippen MR) is 80.5 cm³/mol. The maximum absolute atomic E-state index is 12.3. The van der Waals surface area contributed by atoms with Crippen molar-refractivity contribution < 1.29 is 13.2 Å². The smallest absolute Gasteiger partial charge is 0.263 e. The molecule has 9 heteroatoms. The zero-order valence-corrected chi connectivity index (χ0v) is 13.2. The van der Waals surface area contributed by atoms with Gasteiger partial charge in [0.05, 0.1) is 11.6 Å². The Morgan fingerprint density at radius 1 is 1.33 bits per heavy atom. The number of hydrogen-bond acceptors (Lipinski definition) is 5. The predicted octanol–water partition coefficient (Wildman–Crippen LogP) is 2.98. The first kappa shape index (κ1) is 15.8. The third kappa shape index (κ3) is 3.75. The van der Waals surface area contributed by atoms with Crippen LogP contribution >= 0.6 is 23.2 Å². The lowest BCUT2D eigenvalue weighted by atomic mass is 10.4. The molecular weight excluding hydrogens is 337 g/mol. The quantitative estimate of drug-likeness (QED) is 0.840. The second-order valence-corrected chi connectivity index (χ2v) is 6.29. The molecule has 0 bridgehead atoms. The van der Waals surface area contributed by atoms with Crippen LogP contribution in [0.1, 0.15) is 6.92 Å². The summed E-state index contributed by atoms with van der Waals surface area (Å²) < 4.78 is 32.2. The van der Waals surface area contributed by atoms with Gasteiger partial charge in [0.2, 0.25) is 5.88 Å². The number of rotatable bonds is 5. The van der Waals surface area contributed by atoms with Gasteiger partial charge in [-0.3, -0.25) is 4.72 Å². The molecule has 2 heterocycles. The van der Waals surface area contributed by atoms with Gasteiger partial charge in [-0.05, 0) is 25.1 Å². The SMILES string of the molecule is CCOc1ncccc1NS(=O)(=O)c1cnc(Cl)c(Cl)c1. The summed E-state index contributed by atoms with van der Waals surface area (Å²) in [4.78, 5) is 7.57. The molecule has 0 aliphatic heterocycles. The number of aromatic nitrogens is 2. The number of pyridine rings is 2. The molecule has 0 unspecified atom stereocenters. The summed E-state index contributed by atoms with van der Waals surface area (Å²) in [6, 6.07) is 4.35. The van der Waals surface area contributed by atoms with Gasteiger partial charge in [-0.25, -0.2) is 18.4 Å². The molecule has 2 aromatic rings. The van der Waals surface area contributed by atoms with Gasteiger partial charge in [0.15, 0.2) is 0 Å². The number of nitrogens with one attached hydrogen (secondary N) is 1. The van der Waals surface area contributed by atoms with Gasteiger partial charge in [0, 0.05) is 12.4 Å². The van der Waals surface area contributed by atoms with E-state index in [1.807, 2.05) is 0 Å². The van der Waals surface area contributed by atoms with Gasteiger partial charge < -0.3 is 4.74 Å². The molecule has 0 fully saturated rings. The topological polar surface area (TPSA) is 81.2 Å². The van der Waals surface area contributed by atoms with E-state index in [4.69, 9.17) is 27.9 Å². The van der Waals surface area contributed by atoms with Crippen molar-refractivity contribution in [3.8, 4) is 5.88 Å². The molecule has 0 aromatic carbocycles. The number of ether oxygens (including phenoxy) is 1. The normalized spacial score (nSPS) is 11.2. The van der Waals surface area contributed by atoms with Gasteiger partial charge >= 0.3 is 0 Å². The van der Waals surface area contributed by atoms with Gasteiger partial charge in [0.1, 0.15) is 15.7 Å². The summed E-state index contributed by atoms with van der Waals surface area (Å²) in [7, 11) is -3.87. The molecule has 21 heavy (non-hydrogen) atoms. The molecule has 112 valence electrons. The first-order valence-electron chi connectivity index (χ1n) is 5.85. The highest BCUT2D eigenvalue weighted by atomic mass is 35.5. The Balaban J connectivity index is 2.35. The van der Waals surface area contributed by atoms with Crippen molar-refractivity contribution in [3.63, 3.8) is 0 Å². The molecule has 6 nitrogen and oxygen atoms in total. The van der Waals surface area contributed by atoms with E-state index in [9.17, 15) is 8.42 Å². The van der Waals surface area contributed by atoms with Crippen molar-refractivity contribution in [1.29, 1.82) is 0 Å². The molecule has 0 amide bonds. The highest BCUT2D eigenvalue weighted by Crippen LogP contribution is 2.26. The molecule has 0 saturated heterocycles. The van der Waals surface area contributed by atoms with Crippen molar-refractivity contribution in [1.82, 2.24) is 9.97 Å².